The largest absolute Gasteiger partial charge is 0.497 e. The zero-order valence-electron chi connectivity index (χ0n) is 27.4. The molecule has 3 aliphatic heterocycles. The lowest BCUT2D eigenvalue weighted by molar-refractivity contribution is -0.180. The van der Waals surface area contributed by atoms with Gasteiger partial charge in [0.15, 0.2) is 23.2 Å². The molecule has 2 N–H and O–H groups in total. The van der Waals surface area contributed by atoms with Crippen molar-refractivity contribution in [3.05, 3.63) is 35.1 Å². The molecular formula is C35H51NO9. The normalized spacial score (nSPS) is 25.0. The molecule has 0 bridgehead atoms. The molecule has 1 spiro atoms. The van der Waals surface area contributed by atoms with Crippen LogP contribution >= 0.6 is 0 Å². The van der Waals surface area contributed by atoms with Gasteiger partial charge >= 0.3 is 11.9 Å². The molecule has 0 unspecified atom stereocenters. The van der Waals surface area contributed by atoms with Crippen molar-refractivity contribution < 1.29 is 43.5 Å². The number of carbonyl (C=O) groups is 2. The van der Waals surface area contributed by atoms with E-state index in [1.165, 1.54) is 6.42 Å². The average Bonchev–Trinajstić information content (AvgIpc) is 3.69. The van der Waals surface area contributed by atoms with Crippen LogP contribution < -0.4 is 9.47 Å². The van der Waals surface area contributed by atoms with Gasteiger partial charge < -0.3 is 33.9 Å². The minimum absolute atomic E-state index is 0.0778. The van der Waals surface area contributed by atoms with Gasteiger partial charge in [0.2, 0.25) is 6.79 Å². The third-order valence-electron chi connectivity index (χ3n) is 9.93. The molecule has 45 heavy (non-hydrogen) atoms. The van der Waals surface area contributed by atoms with Gasteiger partial charge in [-0.05, 0) is 88.3 Å². The van der Waals surface area contributed by atoms with Crippen molar-refractivity contribution in [2.75, 3.05) is 33.6 Å². The lowest BCUT2D eigenvalue weighted by Gasteiger charge is -2.39. The molecule has 1 aromatic rings. The molecule has 250 valence electrons. The summed E-state index contributed by atoms with van der Waals surface area (Å²) in [6.07, 6.45) is 9.51. The number of hydrogen-bond donors (Lipinski definition) is 2. The predicted molar refractivity (Wildman–Crippen MR) is 167 cm³/mol. The molecule has 10 heteroatoms. The SMILES string of the molecule is CCCCCCCCOC(=O)C[C@](O)(CCC(C)(C)O)C(=O)O[C@@H]1C(OC)=C[C@]23CCCN2CCc2cc4c(cc2[C@H]13)OCO4. The van der Waals surface area contributed by atoms with Crippen molar-refractivity contribution in [1.29, 1.82) is 0 Å². The number of carbonyl (C=O) groups excluding carboxylic acids is 2. The quantitative estimate of drug-likeness (QED) is 0.204. The van der Waals surface area contributed by atoms with Crippen LogP contribution in [0.5, 0.6) is 11.5 Å². The Hall–Kier alpha value is -2.82. The van der Waals surface area contributed by atoms with Gasteiger partial charge in [0.25, 0.3) is 0 Å². The molecule has 1 fully saturated rings. The fraction of sp³-hybridized carbons (Fsp3) is 0.714. The fourth-order valence-electron chi connectivity index (χ4n) is 7.45. The number of ether oxygens (including phenoxy) is 5. The Balaban J connectivity index is 1.38. The van der Waals surface area contributed by atoms with E-state index >= 15 is 0 Å². The fourth-order valence-corrected chi connectivity index (χ4v) is 7.45. The Bertz CT molecular complexity index is 1260. The summed E-state index contributed by atoms with van der Waals surface area (Å²) < 4.78 is 29.0. The monoisotopic (exact) mass is 629 g/mol. The maximum absolute atomic E-state index is 14.1. The summed E-state index contributed by atoms with van der Waals surface area (Å²) in [6.45, 7) is 7.49. The predicted octanol–water partition coefficient (Wildman–Crippen LogP) is 4.92. The Morgan fingerprint density at radius 3 is 2.51 bits per heavy atom. The first-order valence-electron chi connectivity index (χ1n) is 16.8. The molecule has 4 atom stereocenters. The first kappa shape index (κ1) is 33.5. The molecule has 0 aromatic heterocycles. The minimum Gasteiger partial charge on any atom is -0.497 e. The number of hydrogen-bond acceptors (Lipinski definition) is 10. The van der Waals surface area contributed by atoms with Crippen LogP contribution in [0.4, 0.5) is 0 Å². The second kappa shape index (κ2) is 13.9. The number of fused-ring (bicyclic) bond motifs is 3. The topological polar surface area (TPSA) is 124 Å². The van der Waals surface area contributed by atoms with Crippen LogP contribution in [0.1, 0.15) is 108 Å². The number of aliphatic hydroxyl groups is 2. The highest BCUT2D eigenvalue weighted by molar-refractivity contribution is 5.86. The van der Waals surface area contributed by atoms with E-state index in [1.54, 1.807) is 21.0 Å². The van der Waals surface area contributed by atoms with Crippen LogP contribution in [0.3, 0.4) is 0 Å². The summed E-state index contributed by atoms with van der Waals surface area (Å²) >= 11 is 0. The van der Waals surface area contributed by atoms with Crippen LogP contribution in [-0.2, 0) is 30.2 Å². The Morgan fingerprint density at radius 1 is 1.04 bits per heavy atom. The van der Waals surface area contributed by atoms with Crippen molar-refractivity contribution in [1.82, 2.24) is 4.90 Å². The molecule has 1 aromatic carbocycles. The van der Waals surface area contributed by atoms with Crippen LogP contribution in [0.15, 0.2) is 24.0 Å². The smallest absolute Gasteiger partial charge is 0.339 e. The third kappa shape index (κ3) is 7.28. The van der Waals surface area contributed by atoms with E-state index in [9.17, 15) is 19.8 Å². The van der Waals surface area contributed by atoms with E-state index in [4.69, 9.17) is 23.7 Å². The Morgan fingerprint density at radius 2 is 1.78 bits per heavy atom. The van der Waals surface area contributed by atoms with Crippen molar-refractivity contribution >= 4 is 11.9 Å². The summed E-state index contributed by atoms with van der Waals surface area (Å²) in [5.74, 6) is -0.0359. The molecule has 4 aliphatic rings. The van der Waals surface area contributed by atoms with E-state index in [1.807, 2.05) is 12.1 Å². The van der Waals surface area contributed by atoms with Gasteiger partial charge in [0.1, 0.15) is 5.76 Å². The van der Waals surface area contributed by atoms with E-state index in [-0.39, 0.29) is 32.2 Å². The number of unbranched alkanes of at least 4 members (excludes halogenated alkanes) is 5. The van der Waals surface area contributed by atoms with Crippen molar-refractivity contribution in [2.45, 2.75) is 127 Å². The molecule has 0 saturated carbocycles. The van der Waals surface area contributed by atoms with Crippen molar-refractivity contribution in [2.24, 2.45) is 0 Å². The summed E-state index contributed by atoms with van der Waals surface area (Å²) in [4.78, 5) is 29.5. The van der Waals surface area contributed by atoms with Gasteiger partial charge in [-0.25, -0.2) is 4.79 Å². The van der Waals surface area contributed by atoms with Gasteiger partial charge in [-0.15, -0.1) is 0 Å². The van der Waals surface area contributed by atoms with Crippen LogP contribution in [-0.4, -0.2) is 83.5 Å². The summed E-state index contributed by atoms with van der Waals surface area (Å²) in [5.41, 5.74) is -1.69. The summed E-state index contributed by atoms with van der Waals surface area (Å²) in [7, 11) is 1.56. The molecule has 10 nitrogen and oxygen atoms in total. The lowest BCUT2D eigenvalue weighted by atomic mass is 9.77. The lowest BCUT2D eigenvalue weighted by Crippen LogP contribution is -2.49. The maximum Gasteiger partial charge on any atom is 0.339 e. The van der Waals surface area contributed by atoms with E-state index in [2.05, 4.69) is 17.9 Å². The standard InChI is InChI=1S/C35H51NO9/c1-5-6-7-8-9-10-18-42-29(37)22-35(40,15-14-33(2,3)39)32(38)45-31-28(41-4)21-34-13-11-16-36(34)17-12-24-19-26-27(44-23-43-26)20-25(24)30(31)34/h19-21,30-31,39-40H,5-18,22-23H2,1-4H3/t30-,31-,34+,35-/m1/s1. The zero-order valence-corrected chi connectivity index (χ0v) is 27.4. The van der Waals surface area contributed by atoms with Gasteiger partial charge in [-0.3, -0.25) is 9.69 Å². The second-order valence-corrected chi connectivity index (χ2v) is 13.8. The number of methoxy groups -OCH3 is 1. The van der Waals surface area contributed by atoms with Gasteiger partial charge in [-0.1, -0.05) is 39.0 Å². The molecule has 0 radical (unpaired) electrons. The molecule has 3 heterocycles. The zero-order chi connectivity index (χ0) is 32.2. The first-order valence-corrected chi connectivity index (χ1v) is 16.8. The molecule has 1 saturated heterocycles. The Labute approximate surface area is 267 Å². The van der Waals surface area contributed by atoms with Gasteiger partial charge in [-0.2, -0.15) is 0 Å². The highest BCUT2D eigenvalue weighted by atomic mass is 16.7. The van der Waals surface area contributed by atoms with Crippen molar-refractivity contribution in [3.63, 3.8) is 0 Å². The number of benzene rings is 1. The molecule has 0 amide bonds. The van der Waals surface area contributed by atoms with E-state index < -0.39 is 41.2 Å². The van der Waals surface area contributed by atoms with E-state index in [0.717, 1.165) is 75.6 Å². The first-order chi connectivity index (χ1) is 21.5. The second-order valence-electron chi connectivity index (χ2n) is 13.8. The molecular weight excluding hydrogens is 578 g/mol. The number of esters is 2. The molecule has 1 aliphatic carbocycles. The van der Waals surface area contributed by atoms with Crippen LogP contribution in [0.2, 0.25) is 0 Å². The van der Waals surface area contributed by atoms with E-state index in [0.29, 0.717) is 17.3 Å². The minimum atomic E-state index is -2.19. The highest BCUT2D eigenvalue weighted by Crippen LogP contribution is 2.55. The van der Waals surface area contributed by atoms with Crippen LogP contribution in [0.25, 0.3) is 0 Å². The summed E-state index contributed by atoms with van der Waals surface area (Å²) in [5, 5.41) is 22.3. The number of rotatable bonds is 15. The van der Waals surface area contributed by atoms with Gasteiger partial charge in [0.05, 0.1) is 37.2 Å². The highest BCUT2D eigenvalue weighted by Gasteiger charge is 2.59. The third-order valence-corrected chi connectivity index (χ3v) is 9.93. The Kier molecular flexibility index (Phi) is 10.4. The molecule has 5 rings (SSSR count). The average molecular weight is 630 g/mol. The maximum atomic E-state index is 14.1. The van der Waals surface area contributed by atoms with Gasteiger partial charge in [0, 0.05) is 6.54 Å². The summed E-state index contributed by atoms with van der Waals surface area (Å²) in [6, 6.07) is 4.02. The number of nitrogens with zero attached hydrogens (tertiary/aromatic N) is 1. The van der Waals surface area contributed by atoms with Crippen LogP contribution in [0, 0.1) is 0 Å². The van der Waals surface area contributed by atoms with Crippen molar-refractivity contribution in [3.8, 4) is 11.5 Å².